The van der Waals surface area contributed by atoms with Crippen molar-refractivity contribution in [3.63, 3.8) is 0 Å². The minimum atomic E-state index is -0.233. The third-order valence-electron chi connectivity index (χ3n) is 9.46. The number of rotatable bonds is 10. The first-order valence-corrected chi connectivity index (χ1v) is 16.0. The summed E-state index contributed by atoms with van der Waals surface area (Å²) in [6.45, 7) is 10.2. The fourth-order valence-electron chi connectivity index (χ4n) is 6.92. The van der Waals surface area contributed by atoms with Crippen molar-refractivity contribution in [3.8, 4) is 11.1 Å². The molecule has 6 rings (SSSR count). The highest BCUT2D eigenvalue weighted by Gasteiger charge is 2.32. The molecule has 3 unspecified atom stereocenters. The molecular formula is C34H45N5O4. The fourth-order valence-corrected chi connectivity index (χ4v) is 6.92. The number of fused-ring (bicyclic) bond motifs is 1. The molecule has 1 aromatic heterocycles. The number of aromatic nitrogens is 2. The van der Waals surface area contributed by atoms with Crippen LogP contribution < -0.4 is 10.6 Å². The van der Waals surface area contributed by atoms with Crippen LogP contribution >= 0.6 is 0 Å². The minimum absolute atomic E-state index is 0.0182. The molecule has 3 aliphatic rings. The zero-order valence-electron chi connectivity index (χ0n) is 25.5. The van der Waals surface area contributed by atoms with Crippen LogP contribution in [-0.2, 0) is 20.9 Å². The van der Waals surface area contributed by atoms with Crippen molar-refractivity contribution >= 4 is 22.7 Å². The van der Waals surface area contributed by atoms with E-state index in [4.69, 9.17) is 14.6 Å². The maximum absolute atomic E-state index is 13.7. The van der Waals surface area contributed by atoms with Gasteiger partial charge < -0.3 is 20.1 Å². The van der Waals surface area contributed by atoms with Gasteiger partial charge in [-0.2, -0.15) is 5.10 Å². The topological polar surface area (TPSA) is 97.7 Å². The Morgan fingerprint density at radius 1 is 1.09 bits per heavy atom. The zero-order chi connectivity index (χ0) is 29.8. The van der Waals surface area contributed by atoms with Crippen molar-refractivity contribution in [1.82, 2.24) is 25.3 Å². The van der Waals surface area contributed by atoms with Gasteiger partial charge in [0.05, 0.1) is 55.7 Å². The van der Waals surface area contributed by atoms with Crippen molar-refractivity contribution in [3.05, 3.63) is 53.7 Å². The Morgan fingerprint density at radius 2 is 1.86 bits per heavy atom. The predicted molar refractivity (Wildman–Crippen MR) is 167 cm³/mol. The molecule has 9 nitrogen and oxygen atoms in total. The predicted octanol–water partition coefficient (Wildman–Crippen LogP) is 4.56. The summed E-state index contributed by atoms with van der Waals surface area (Å²) in [6, 6.07) is 13.1. The van der Waals surface area contributed by atoms with E-state index in [2.05, 4.69) is 57.5 Å². The van der Waals surface area contributed by atoms with E-state index in [1.165, 1.54) is 12.8 Å². The van der Waals surface area contributed by atoms with Crippen LogP contribution in [-0.4, -0.2) is 78.5 Å². The average Bonchev–Trinajstić information content (AvgIpc) is 3.69. The molecule has 43 heavy (non-hydrogen) atoms. The molecule has 2 aliphatic heterocycles. The Bertz CT molecular complexity index is 1410. The monoisotopic (exact) mass is 587 g/mol. The quantitative estimate of drug-likeness (QED) is 0.338. The summed E-state index contributed by atoms with van der Waals surface area (Å²) in [7, 11) is 0. The second-order valence-electron chi connectivity index (χ2n) is 12.6. The van der Waals surface area contributed by atoms with Gasteiger partial charge in [-0.05, 0) is 60.9 Å². The second kappa shape index (κ2) is 13.6. The summed E-state index contributed by atoms with van der Waals surface area (Å²) < 4.78 is 13.5. The van der Waals surface area contributed by atoms with Gasteiger partial charge >= 0.3 is 0 Å². The molecule has 0 spiro atoms. The van der Waals surface area contributed by atoms with Crippen molar-refractivity contribution in [1.29, 1.82) is 0 Å². The summed E-state index contributed by atoms with van der Waals surface area (Å²) >= 11 is 0. The van der Waals surface area contributed by atoms with Gasteiger partial charge in [-0.15, -0.1) is 0 Å². The molecule has 0 bridgehead atoms. The maximum atomic E-state index is 13.7. The van der Waals surface area contributed by atoms with E-state index in [0.717, 1.165) is 79.7 Å². The smallest absolute Gasteiger partial charge is 0.252 e. The van der Waals surface area contributed by atoms with Crippen LogP contribution in [0, 0.1) is 11.8 Å². The lowest BCUT2D eigenvalue weighted by molar-refractivity contribution is -0.129. The van der Waals surface area contributed by atoms with Gasteiger partial charge in [0.25, 0.3) is 5.91 Å². The van der Waals surface area contributed by atoms with Gasteiger partial charge in [0.2, 0.25) is 5.91 Å². The Hall–Kier alpha value is -3.27. The molecule has 3 fully saturated rings. The van der Waals surface area contributed by atoms with Crippen LogP contribution in [0.2, 0.25) is 0 Å². The van der Waals surface area contributed by atoms with Crippen LogP contribution in [0.4, 0.5) is 0 Å². The molecule has 1 aliphatic carbocycles. The Balaban J connectivity index is 1.19. The third-order valence-corrected chi connectivity index (χ3v) is 9.46. The van der Waals surface area contributed by atoms with Gasteiger partial charge in [0, 0.05) is 37.6 Å². The number of nitrogens with zero attached hydrogens (tertiary/aromatic N) is 3. The molecule has 0 radical (unpaired) electrons. The van der Waals surface area contributed by atoms with E-state index in [-0.39, 0.29) is 29.7 Å². The Kier molecular flexibility index (Phi) is 9.40. The molecule has 2 N–H and O–H groups in total. The summed E-state index contributed by atoms with van der Waals surface area (Å²) in [5.41, 5.74) is 4.73. The first-order valence-electron chi connectivity index (χ1n) is 16.0. The van der Waals surface area contributed by atoms with Gasteiger partial charge in [-0.25, -0.2) is 0 Å². The lowest BCUT2D eigenvalue weighted by atomic mass is 9.84. The molecule has 230 valence electrons. The number of benzene rings is 2. The summed E-state index contributed by atoms with van der Waals surface area (Å²) in [5.74, 6) is -0.169. The number of carbonyl (C=O) groups is 2. The Labute approximate surface area is 254 Å². The second-order valence-corrected chi connectivity index (χ2v) is 12.6. The van der Waals surface area contributed by atoms with Gasteiger partial charge in [-0.3, -0.25) is 19.2 Å². The number of ether oxygens (including phenoxy) is 2. The number of carbonyl (C=O) groups excluding carboxylic acids is 2. The van der Waals surface area contributed by atoms with Crippen molar-refractivity contribution in [2.45, 2.75) is 64.6 Å². The number of hydrogen-bond donors (Lipinski definition) is 2. The van der Waals surface area contributed by atoms with E-state index in [9.17, 15) is 9.59 Å². The maximum Gasteiger partial charge on any atom is 0.252 e. The highest BCUT2D eigenvalue weighted by molar-refractivity contribution is 6.08. The molecule has 3 aromatic rings. The van der Waals surface area contributed by atoms with E-state index in [1.54, 1.807) is 0 Å². The molecule has 3 atom stereocenters. The molecule has 1 saturated carbocycles. The van der Waals surface area contributed by atoms with Gasteiger partial charge in [-0.1, -0.05) is 44.0 Å². The molecule has 2 amide bonds. The summed E-state index contributed by atoms with van der Waals surface area (Å²) in [4.78, 5) is 28.7. The van der Waals surface area contributed by atoms with E-state index < -0.39 is 0 Å². The van der Waals surface area contributed by atoms with Crippen LogP contribution in [0.3, 0.4) is 0 Å². The molecule has 2 aromatic carbocycles. The third kappa shape index (κ3) is 6.95. The number of amides is 2. The normalized spacial score (nSPS) is 23.5. The number of hydrogen-bond acceptors (Lipinski definition) is 6. The lowest BCUT2D eigenvalue weighted by Gasteiger charge is -2.32. The van der Waals surface area contributed by atoms with E-state index in [0.29, 0.717) is 31.4 Å². The van der Waals surface area contributed by atoms with E-state index >= 15 is 0 Å². The van der Waals surface area contributed by atoms with Crippen LogP contribution in [0.5, 0.6) is 0 Å². The average molecular weight is 588 g/mol. The SMILES string of the molecule is CC1CC(C)C(CNC(=O)c2cc(-c3ccc(COCCN4CCOCC4)cc3)cc3c2cnn3C2CCCC2)C(=O)N1. The fraction of sp³-hybridized carbons (Fsp3) is 0.559. The van der Waals surface area contributed by atoms with Gasteiger partial charge in [0.1, 0.15) is 0 Å². The zero-order valence-corrected chi connectivity index (χ0v) is 25.5. The molecule has 2 saturated heterocycles. The van der Waals surface area contributed by atoms with Crippen LogP contribution in [0.1, 0.15) is 67.9 Å². The Morgan fingerprint density at radius 3 is 2.60 bits per heavy atom. The van der Waals surface area contributed by atoms with Crippen LogP contribution in [0.25, 0.3) is 22.0 Å². The van der Waals surface area contributed by atoms with E-state index in [1.807, 2.05) is 19.2 Å². The summed E-state index contributed by atoms with van der Waals surface area (Å²) in [5, 5.41) is 11.8. The highest BCUT2D eigenvalue weighted by Crippen LogP contribution is 2.35. The highest BCUT2D eigenvalue weighted by atomic mass is 16.5. The van der Waals surface area contributed by atoms with Crippen LogP contribution in [0.15, 0.2) is 42.6 Å². The first-order chi connectivity index (χ1) is 21.0. The van der Waals surface area contributed by atoms with Crippen molar-refractivity contribution in [2.75, 3.05) is 46.0 Å². The number of morpholine rings is 1. The first kappa shape index (κ1) is 29.8. The molecule has 3 heterocycles. The molecule has 9 heteroatoms. The summed E-state index contributed by atoms with van der Waals surface area (Å²) in [6.07, 6.45) is 7.37. The standard InChI is InChI=1S/C34H45N5O4/c1-23-17-24(2)37-34(41)30(23)20-35-33(40)29-18-27(19-32-31(29)21-36-39(32)28-5-3-4-6-28)26-9-7-25(8-10-26)22-43-16-13-38-11-14-42-15-12-38/h7-10,18-19,21,23-24,28,30H,3-6,11-17,20,22H2,1-2H3,(H,35,40)(H,37,41). The number of piperidine rings is 1. The largest absolute Gasteiger partial charge is 0.379 e. The van der Waals surface area contributed by atoms with Crippen molar-refractivity contribution in [2.24, 2.45) is 11.8 Å². The molecular weight excluding hydrogens is 542 g/mol. The van der Waals surface area contributed by atoms with Crippen molar-refractivity contribution < 1.29 is 19.1 Å². The lowest BCUT2D eigenvalue weighted by Crippen LogP contribution is -2.50. The minimum Gasteiger partial charge on any atom is -0.379 e. The number of nitrogens with one attached hydrogen (secondary N) is 2. The van der Waals surface area contributed by atoms with Gasteiger partial charge in [0.15, 0.2) is 0 Å².